The zero-order valence-electron chi connectivity index (χ0n) is 11.9. The van der Waals surface area contributed by atoms with E-state index in [4.69, 9.17) is 10.5 Å². The third-order valence-corrected chi connectivity index (χ3v) is 2.83. The minimum absolute atomic E-state index is 0.651. The molecule has 0 radical (unpaired) electrons. The summed E-state index contributed by atoms with van der Waals surface area (Å²) in [6.45, 7) is 11.1. The molecule has 1 heterocycles. The van der Waals surface area contributed by atoms with Crippen molar-refractivity contribution in [1.29, 1.82) is 0 Å². The first kappa shape index (κ1) is 15.0. The maximum absolute atomic E-state index is 5.64. The van der Waals surface area contributed by atoms with E-state index in [0.29, 0.717) is 6.54 Å². The highest BCUT2D eigenvalue weighted by molar-refractivity contribution is 5.33. The Morgan fingerprint density at radius 2 is 2.22 bits per heavy atom. The summed E-state index contributed by atoms with van der Waals surface area (Å²) >= 11 is 0. The standard InChI is InChI=1S/C13H26N4O/c1-4-16(9-7-14)13-15-12(3)11-17(13)8-6-10-18-5-2/h11H,4-10,14H2,1-3H3. The van der Waals surface area contributed by atoms with Gasteiger partial charge >= 0.3 is 0 Å². The lowest BCUT2D eigenvalue weighted by Crippen LogP contribution is -2.31. The quantitative estimate of drug-likeness (QED) is 0.677. The van der Waals surface area contributed by atoms with Gasteiger partial charge in [-0.3, -0.25) is 0 Å². The predicted molar refractivity (Wildman–Crippen MR) is 75.0 cm³/mol. The summed E-state index contributed by atoms with van der Waals surface area (Å²) in [5.74, 6) is 1.02. The van der Waals surface area contributed by atoms with Crippen molar-refractivity contribution in [3.8, 4) is 0 Å². The van der Waals surface area contributed by atoms with E-state index in [2.05, 4.69) is 27.6 Å². The highest BCUT2D eigenvalue weighted by Gasteiger charge is 2.11. The molecule has 0 unspecified atom stereocenters. The van der Waals surface area contributed by atoms with E-state index in [1.165, 1.54) is 0 Å². The Bertz CT molecular complexity index is 338. The molecule has 0 fully saturated rings. The summed E-state index contributed by atoms with van der Waals surface area (Å²) in [7, 11) is 0. The maximum atomic E-state index is 5.64. The van der Waals surface area contributed by atoms with Gasteiger partial charge in [-0.25, -0.2) is 4.98 Å². The van der Waals surface area contributed by atoms with Gasteiger partial charge in [-0.05, 0) is 27.2 Å². The van der Waals surface area contributed by atoms with Crippen LogP contribution in [0.5, 0.6) is 0 Å². The molecule has 104 valence electrons. The molecular formula is C13H26N4O. The largest absolute Gasteiger partial charge is 0.382 e. The highest BCUT2D eigenvalue weighted by atomic mass is 16.5. The molecule has 0 saturated heterocycles. The predicted octanol–water partition coefficient (Wildman–Crippen LogP) is 1.40. The Morgan fingerprint density at radius 3 is 2.83 bits per heavy atom. The van der Waals surface area contributed by atoms with Crippen molar-refractivity contribution in [2.24, 2.45) is 5.73 Å². The van der Waals surface area contributed by atoms with E-state index in [-0.39, 0.29) is 0 Å². The first-order chi connectivity index (χ1) is 8.72. The molecule has 0 saturated carbocycles. The molecule has 5 heteroatoms. The summed E-state index contributed by atoms with van der Waals surface area (Å²) in [6.07, 6.45) is 3.11. The van der Waals surface area contributed by atoms with Crippen molar-refractivity contribution >= 4 is 5.95 Å². The number of nitrogens with two attached hydrogens (primary N) is 1. The average molecular weight is 254 g/mol. The SMILES string of the molecule is CCOCCCn1cc(C)nc1N(CC)CCN. The van der Waals surface area contributed by atoms with Crippen LogP contribution in [0, 0.1) is 6.92 Å². The molecule has 0 aliphatic rings. The van der Waals surface area contributed by atoms with Crippen molar-refractivity contribution in [2.75, 3.05) is 37.7 Å². The van der Waals surface area contributed by atoms with Crippen LogP contribution in [0.4, 0.5) is 5.95 Å². The van der Waals surface area contributed by atoms with Gasteiger partial charge in [0.2, 0.25) is 5.95 Å². The molecule has 0 bridgehead atoms. The van der Waals surface area contributed by atoms with Crippen LogP contribution in [0.2, 0.25) is 0 Å². The molecule has 5 nitrogen and oxygen atoms in total. The number of hydrogen-bond acceptors (Lipinski definition) is 4. The Hall–Kier alpha value is -1.07. The van der Waals surface area contributed by atoms with Crippen molar-refractivity contribution in [2.45, 2.75) is 33.7 Å². The van der Waals surface area contributed by atoms with Crippen molar-refractivity contribution in [3.05, 3.63) is 11.9 Å². The average Bonchev–Trinajstić information content (AvgIpc) is 2.73. The van der Waals surface area contributed by atoms with Crippen LogP contribution in [-0.4, -0.2) is 42.4 Å². The van der Waals surface area contributed by atoms with Crippen molar-refractivity contribution in [1.82, 2.24) is 9.55 Å². The zero-order valence-corrected chi connectivity index (χ0v) is 11.9. The third-order valence-electron chi connectivity index (χ3n) is 2.83. The van der Waals surface area contributed by atoms with Crippen molar-refractivity contribution < 1.29 is 4.74 Å². The van der Waals surface area contributed by atoms with Gasteiger partial charge in [0, 0.05) is 45.6 Å². The summed E-state index contributed by atoms with van der Waals surface area (Å²) in [5.41, 5.74) is 6.69. The summed E-state index contributed by atoms with van der Waals surface area (Å²) in [4.78, 5) is 6.81. The van der Waals surface area contributed by atoms with Crippen molar-refractivity contribution in [3.63, 3.8) is 0 Å². The van der Waals surface area contributed by atoms with Gasteiger partial charge in [0.05, 0.1) is 5.69 Å². The number of ether oxygens (including phenoxy) is 1. The lowest BCUT2D eigenvalue weighted by Gasteiger charge is -2.22. The molecule has 1 rings (SSSR count). The van der Waals surface area contributed by atoms with Crippen LogP contribution in [0.15, 0.2) is 6.20 Å². The van der Waals surface area contributed by atoms with Gasteiger partial charge in [-0.1, -0.05) is 0 Å². The number of anilines is 1. The number of likely N-dealkylation sites (N-methyl/N-ethyl adjacent to an activating group) is 1. The number of hydrogen-bond donors (Lipinski definition) is 1. The Balaban J connectivity index is 2.65. The van der Waals surface area contributed by atoms with E-state index in [9.17, 15) is 0 Å². The normalized spacial score (nSPS) is 10.9. The second-order valence-corrected chi connectivity index (χ2v) is 4.29. The Labute approximate surface area is 110 Å². The van der Waals surface area contributed by atoms with Crippen LogP contribution in [-0.2, 0) is 11.3 Å². The third kappa shape index (κ3) is 4.31. The van der Waals surface area contributed by atoms with E-state index in [1.807, 2.05) is 13.8 Å². The fourth-order valence-electron chi connectivity index (χ4n) is 1.99. The smallest absolute Gasteiger partial charge is 0.205 e. The Kier molecular flexibility index (Phi) is 6.75. The lowest BCUT2D eigenvalue weighted by molar-refractivity contribution is 0.141. The first-order valence-electron chi connectivity index (χ1n) is 6.79. The number of rotatable bonds is 9. The Morgan fingerprint density at radius 1 is 1.44 bits per heavy atom. The summed E-state index contributed by atoms with van der Waals surface area (Å²) in [5, 5.41) is 0. The summed E-state index contributed by atoms with van der Waals surface area (Å²) < 4.78 is 7.57. The second-order valence-electron chi connectivity index (χ2n) is 4.29. The lowest BCUT2D eigenvalue weighted by atomic mass is 10.4. The number of imidazole rings is 1. The fourth-order valence-corrected chi connectivity index (χ4v) is 1.99. The molecule has 0 aliphatic carbocycles. The van der Waals surface area contributed by atoms with Crippen LogP contribution >= 0.6 is 0 Å². The van der Waals surface area contributed by atoms with Gasteiger partial charge < -0.3 is 19.9 Å². The zero-order chi connectivity index (χ0) is 13.4. The summed E-state index contributed by atoms with van der Waals surface area (Å²) in [6, 6.07) is 0. The topological polar surface area (TPSA) is 56.3 Å². The van der Waals surface area contributed by atoms with E-state index in [1.54, 1.807) is 0 Å². The van der Waals surface area contributed by atoms with Gasteiger partial charge in [0.15, 0.2) is 0 Å². The van der Waals surface area contributed by atoms with Gasteiger partial charge in [-0.15, -0.1) is 0 Å². The highest BCUT2D eigenvalue weighted by Crippen LogP contribution is 2.14. The molecule has 0 aliphatic heterocycles. The molecule has 1 aromatic rings. The van der Waals surface area contributed by atoms with Crippen LogP contribution in [0.3, 0.4) is 0 Å². The monoisotopic (exact) mass is 254 g/mol. The van der Waals surface area contributed by atoms with Gasteiger partial charge in [0.1, 0.15) is 0 Å². The first-order valence-corrected chi connectivity index (χ1v) is 6.79. The fraction of sp³-hybridized carbons (Fsp3) is 0.769. The molecule has 0 atom stereocenters. The molecule has 0 aromatic carbocycles. The molecule has 0 amide bonds. The van der Waals surface area contributed by atoms with E-state index >= 15 is 0 Å². The van der Waals surface area contributed by atoms with Crippen LogP contribution < -0.4 is 10.6 Å². The minimum atomic E-state index is 0.651. The number of aryl methyl sites for hydroxylation is 2. The molecular weight excluding hydrogens is 228 g/mol. The number of aromatic nitrogens is 2. The van der Waals surface area contributed by atoms with E-state index in [0.717, 1.165) is 50.9 Å². The van der Waals surface area contributed by atoms with E-state index < -0.39 is 0 Å². The van der Waals surface area contributed by atoms with Crippen LogP contribution in [0.25, 0.3) is 0 Å². The minimum Gasteiger partial charge on any atom is -0.382 e. The molecule has 0 spiro atoms. The molecule has 2 N–H and O–H groups in total. The maximum Gasteiger partial charge on any atom is 0.205 e. The van der Waals surface area contributed by atoms with Crippen LogP contribution in [0.1, 0.15) is 26.0 Å². The van der Waals surface area contributed by atoms with Gasteiger partial charge in [0.25, 0.3) is 0 Å². The van der Waals surface area contributed by atoms with Gasteiger partial charge in [-0.2, -0.15) is 0 Å². The second kappa shape index (κ2) is 8.11. The molecule has 1 aromatic heterocycles. The number of nitrogens with zero attached hydrogens (tertiary/aromatic N) is 3. The molecule has 18 heavy (non-hydrogen) atoms.